The number of methoxy groups -OCH3 is 1. The van der Waals surface area contributed by atoms with Crippen LogP contribution in [0, 0.1) is 0 Å². The zero-order valence-corrected chi connectivity index (χ0v) is 11.4. The third-order valence-corrected chi connectivity index (χ3v) is 3.10. The fourth-order valence-electron chi connectivity index (χ4n) is 2.10. The molecule has 2 nitrogen and oxygen atoms in total. The Labute approximate surface area is 115 Å². The van der Waals surface area contributed by atoms with Gasteiger partial charge in [0.1, 0.15) is 0 Å². The summed E-state index contributed by atoms with van der Waals surface area (Å²) in [5, 5.41) is 3.52. The number of benzene rings is 2. The van der Waals surface area contributed by atoms with Crippen molar-refractivity contribution in [3.05, 3.63) is 54.6 Å². The van der Waals surface area contributed by atoms with Crippen molar-refractivity contribution in [3.8, 4) is 11.1 Å². The summed E-state index contributed by atoms with van der Waals surface area (Å²) in [6.07, 6.45) is 2.22. The van der Waals surface area contributed by atoms with Crippen molar-refractivity contribution in [3.63, 3.8) is 0 Å². The van der Waals surface area contributed by atoms with E-state index in [0.29, 0.717) is 0 Å². The second-order valence-corrected chi connectivity index (χ2v) is 4.54. The summed E-state index contributed by atoms with van der Waals surface area (Å²) in [7, 11) is 1.75. The van der Waals surface area contributed by atoms with Gasteiger partial charge in [-0.3, -0.25) is 0 Å². The van der Waals surface area contributed by atoms with E-state index in [2.05, 4.69) is 53.8 Å². The Kier molecular flexibility index (Phi) is 5.45. The molecule has 1 N–H and O–H groups in total. The van der Waals surface area contributed by atoms with Gasteiger partial charge < -0.3 is 10.1 Å². The maximum Gasteiger partial charge on any atom is 0.0462 e. The summed E-state index contributed by atoms with van der Waals surface area (Å²) < 4.78 is 5.06. The molecule has 0 saturated heterocycles. The van der Waals surface area contributed by atoms with Gasteiger partial charge in [0.25, 0.3) is 0 Å². The van der Waals surface area contributed by atoms with Gasteiger partial charge in [0.15, 0.2) is 0 Å². The highest BCUT2D eigenvalue weighted by atomic mass is 16.5. The summed E-state index contributed by atoms with van der Waals surface area (Å²) in [6, 6.07) is 18.9. The SMILES string of the molecule is COCCCCNc1ccccc1-c1ccccc1. The van der Waals surface area contributed by atoms with E-state index < -0.39 is 0 Å². The van der Waals surface area contributed by atoms with E-state index >= 15 is 0 Å². The molecular formula is C17H21NO. The third-order valence-electron chi connectivity index (χ3n) is 3.10. The molecular weight excluding hydrogens is 234 g/mol. The van der Waals surface area contributed by atoms with E-state index in [9.17, 15) is 0 Å². The van der Waals surface area contributed by atoms with Gasteiger partial charge in [0.05, 0.1) is 0 Å². The second-order valence-electron chi connectivity index (χ2n) is 4.54. The molecule has 2 rings (SSSR count). The number of unbranched alkanes of at least 4 members (excludes halogenated alkanes) is 1. The molecule has 0 bridgehead atoms. The van der Waals surface area contributed by atoms with Crippen LogP contribution in [0.15, 0.2) is 54.6 Å². The predicted molar refractivity (Wildman–Crippen MR) is 81.5 cm³/mol. The van der Waals surface area contributed by atoms with E-state index in [1.807, 2.05) is 6.07 Å². The first-order valence-electron chi connectivity index (χ1n) is 6.79. The van der Waals surface area contributed by atoms with Crippen LogP contribution in [0.5, 0.6) is 0 Å². The predicted octanol–water partition coefficient (Wildman–Crippen LogP) is 4.19. The van der Waals surface area contributed by atoms with Gasteiger partial charge in [-0.1, -0.05) is 48.5 Å². The van der Waals surface area contributed by atoms with E-state index in [0.717, 1.165) is 26.0 Å². The number of para-hydroxylation sites is 1. The number of nitrogens with one attached hydrogen (secondary N) is 1. The molecule has 19 heavy (non-hydrogen) atoms. The first-order chi connectivity index (χ1) is 9.42. The van der Waals surface area contributed by atoms with Crippen LogP contribution in [0.25, 0.3) is 11.1 Å². The zero-order valence-electron chi connectivity index (χ0n) is 11.4. The molecule has 2 aromatic rings. The Hall–Kier alpha value is -1.80. The molecule has 0 aliphatic heterocycles. The Balaban J connectivity index is 2.01. The molecule has 0 spiro atoms. The summed E-state index contributed by atoms with van der Waals surface area (Å²) in [6.45, 7) is 1.81. The van der Waals surface area contributed by atoms with Crippen LogP contribution in [0.4, 0.5) is 5.69 Å². The van der Waals surface area contributed by atoms with Crippen LogP contribution in [-0.4, -0.2) is 20.3 Å². The van der Waals surface area contributed by atoms with Gasteiger partial charge in [0, 0.05) is 31.5 Å². The molecule has 0 unspecified atom stereocenters. The Bertz CT molecular complexity index is 482. The van der Waals surface area contributed by atoms with Crippen molar-refractivity contribution >= 4 is 5.69 Å². The molecule has 2 heteroatoms. The zero-order chi connectivity index (χ0) is 13.3. The van der Waals surface area contributed by atoms with Crippen molar-refractivity contribution < 1.29 is 4.74 Å². The van der Waals surface area contributed by atoms with Gasteiger partial charge >= 0.3 is 0 Å². The Morgan fingerprint density at radius 1 is 0.895 bits per heavy atom. The van der Waals surface area contributed by atoms with Crippen LogP contribution in [0.3, 0.4) is 0 Å². The number of anilines is 1. The van der Waals surface area contributed by atoms with E-state index in [-0.39, 0.29) is 0 Å². The van der Waals surface area contributed by atoms with Crippen molar-refractivity contribution in [2.24, 2.45) is 0 Å². The largest absolute Gasteiger partial charge is 0.385 e. The molecule has 100 valence electrons. The lowest BCUT2D eigenvalue weighted by molar-refractivity contribution is 0.194. The third kappa shape index (κ3) is 4.11. The number of ether oxygens (including phenoxy) is 1. The minimum atomic E-state index is 0.835. The lowest BCUT2D eigenvalue weighted by atomic mass is 10.0. The summed E-state index contributed by atoms with van der Waals surface area (Å²) in [5.41, 5.74) is 3.71. The molecule has 0 saturated carbocycles. The lowest BCUT2D eigenvalue weighted by Gasteiger charge is -2.12. The fourth-order valence-corrected chi connectivity index (χ4v) is 2.10. The molecule has 0 amide bonds. The van der Waals surface area contributed by atoms with E-state index in [4.69, 9.17) is 4.74 Å². The number of hydrogen-bond donors (Lipinski definition) is 1. The van der Waals surface area contributed by atoms with Gasteiger partial charge in [-0.05, 0) is 24.5 Å². The molecule has 0 aliphatic carbocycles. The van der Waals surface area contributed by atoms with Crippen molar-refractivity contribution in [2.75, 3.05) is 25.6 Å². The topological polar surface area (TPSA) is 21.3 Å². The molecule has 0 atom stereocenters. The highest BCUT2D eigenvalue weighted by molar-refractivity contribution is 5.77. The average molecular weight is 255 g/mol. The Morgan fingerprint density at radius 2 is 1.63 bits per heavy atom. The van der Waals surface area contributed by atoms with Gasteiger partial charge in [-0.25, -0.2) is 0 Å². The number of rotatable bonds is 7. The summed E-state index contributed by atoms with van der Waals surface area (Å²) in [5.74, 6) is 0. The standard InChI is InChI=1S/C17H21NO/c1-19-14-8-7-13-18-17-12-6-5-11-16(17)15-9-3-2-4-10-15/h2-6,9-12,18H,7-8,13-14H2,1H3. The van der Waals surface area contributed by atoms with Crippen LogP contribution in [0.1, 0.15) is 12.8 Å². The fraction of sp³-hybridized carbons (Fsp3) is 0.294. The summed E-state index contributed by atoms with van der Waals surface area (Å²) >= 11 is 0. The second kappa shape index (κ2) is 7.59. The van der Waals surface area contributed by atoms with Crippen molar-refractivity contribution in [1.29, 1.82) is 0 Å². The van der Waals surface area contributed by atoms with Crippen LogP contribution in [0.2, 0.25) is 0 Å². The summed E-state index contributed by atoms with van der Waals surface area (Å²) in [4.78, 5) is 0. The first-order valence-corrected chi connectivity index (χ1v) is 6.79. The maximum absolute atomic E-state index is 5.06. The van der Waals surface area contributed by atoms with Gasteiger partial charge in [-0.2, -0.15) is 0 Å². The van der Waals surface area contributed by atoms with Crippen LogP contribution >= 0.6 is 0 Å². The molecule has 0 radical (unpaired) electrons. The van der Waals surface area contributed by atoms with E-state index in [1.54, 1.807) is 7.11 Å². The van der Waals surface area contributed by atoms with Gasteiger partial charge in [0.2, 0.25) is 0 Å². The minimum absolute atomic E-state index is 0.835. The smallest absolute Gasteiger partial charge is 0.0462 e. The van der Waals surface area contributed by atoms with Crippen molar-refractivity contribution in [1.82, 2.24) is 0 Å². The Morgan fingerprint density at radius 3 is 2.42 bits per heavy atom. The maximum atomic E-state index is 5.06. The quantitative estimate of drug-likeness (QED) is 0.749. The van der Waals surface area contributed by atoms with Crippen LogP contribution < -0.4 is 5.32 Å². The average Bonchev–Trinajstić information content (AvgIpc) is 2.48. The molecule has 0 aromatic heterocycles. The lowest BCUT2D eigenvalue weighted by Crippen LogP contribution is -2.04. The van der Waals surface area contributed by atoms with Crippen LogP contribution in [-0.2, 0) is 4.74 Å². The van der Waals surface area contributed by atoms with E-state index in [1.165, 1.54) is 16.8 Å². The first kappa shape index (κ1) is 13.6. The highest BCUT2D eigenvalue weighted by Gasteiger charge is 2.02. The minimum Gasteiger partial charge on any atom is -0.385 e. The normalized spacial score (nSPS) is 10.4. The molecule has 2 aromatic carbocycles. The highest BCUT2D eigenvalue weighted by Crippen LogP contribution is 2.27. The monoisotopic (exact) mass is 255 g/mol. The van der Waals surface area contributed by atoms with Crippen molar-refractivity contribution in [2.45, 2.75) is 12.8 Å². The molecule has 0 fully saturated rings. The molecule has 0 aliphatic rings. The molecule has 0 heterocycles. The number of hydrogen-bond acceptors (Lipinski definition) is 2. The van der Waals surface area contributed by atoms with Gasteiger partial charge in [-0.15, -0.1) is 0 Å².